The molecule has 0 saturated carbocycles. The van der Waals surface area contributed by atoms with Crippen LogP contribution < -0.4 is 10.3 Å². The number of aromatic nitrogens is 1. The van der Waals surface area contributed by atoms with E-state index in [2.05, 4.69) is 0 Å². The molecule has 1 aromatic heterocycles. The largest absolute Gasteiger partial charge is 0.377 e. The summed E-state index contributed by atoms with van der Waals surface area (Å²) in [4.78, 5) is 24.4. The van der Waals surface area contributed by atoms with Crippen molar-refractivity contribution in [2.75, 3.05) is 12.4 Å². The van der Waals surface area contributed by atoms with Gasteiger partial charge in [0, 0.05) is 19.3 Å². The molecule has 2 rings (SSSR count). The lowest BCUT2D eigenvalue weighted by molar-refractivity contribution is 0.0977. The molecule has 2 heterocycles. The van der Waals surface area contributed by atoms with Gasteiger partial charge in [-0.3, -0.25) is 9.59 Å². The van der Waals surface area contributed by atoms with Crippen LogP contribution in [0.25, 0.3) is 0 Å². The second-order valence-electron chi connectivity index (χ2n) is 6.12. The Bertz CT molecular complexity index is 718. The topological polar surface area (TPSA) is 94.5 Å². The maximum absolute atomic E-state index is 12.3. The highest BCUT2D eigenvalue weighted by molar-refractivity contribution is 7.90. The maximum atomic E-state index is 12.3. The number of nitrogens with one attached hydrogen (secondary N) is 1. The molecule has 7 nitrogen and oxygen atoms in total. The molecule has 1 atom stereocenters. The Morgan fingerprint density at radius 2 is 2.22 bits per heavy atom. The highest BCUT2D eigenvalue weighted by Crippen LogP contribution is 2.13. The van der Waals surface area contributed by atoms with Crippen molar-refractivity contribution in [1.29, 1.82) is 0 Å². The molecular weight excluding hydrogens is 320 g/mol. The molecule has 8 heteroatoms. The quantitative estimate of drug-likeness (QED) is 0.823. The highest BCUT2D eigenvalue weighted by atomic mass is 32.2. The van der Waals surface area contributed by atoms with Gasteiger partial charge in [-0.2, -0.15) is 0 Å². The predicted molar refractivity (Wildman–Crippen MR) is 85.8 cm³/mol. The van der Waals surface area contributed by atoms with Gasteiger partial charge in [-0.25, -0.2) is 13.1 Å². The van der Waals surface area contributed by atoms with Gasteiger partial charge in [0.05, 0.1) is 11.9 Å². The van der Waals surface area contributed by atoms with E-state index in [1.54, 1.807) is 12.3 Å². The van der Waals surface area contributed by atoms with Crippen molar-refractivity contribution in [3.8, 4) is 0 Å². The molecule has 1 aromatic rings. The fraction of sp³-hybridized carbons (Fsp3) is 0.600. The number of pyridine rings is 1. The summed E-state index contributed by atoms with van der Waals surface area (Å²) in [5.41, 5.74) is -0.671. The number of hydrogen-bond acceptors (Lipinski definition) is 5. The van der Waals surface area contributed by atoms with E-state index in [0.29, 0.717) is 19.6 Å². The first-order valence-corrected chi connectivity index (χ1v) is 9.29. The molecule has 128 valence electrons. The Labute approximate surface area is 135 Å². The summed E-state index contributed by atoms with van der Waals surface area (Å²) in [7, 11) is -3.84. The molecule has 1 fully saturated rings. The first kappa shape index (κ1) is 17.7. The molecule has 1 aliphatic heterocycles. The standard InChI is InChI=1S/C15H22N2O5S/c1-11(2)9-17-7-3-6-13(15(17)19)14(18)16-23(20,21)10-12-5-4-8-22-12/h3,6-7,11-12H,4-5,8-10H2,1-2H3,(H,16,18). The van der Waals surface area contributed by atoms with Gasteiger partial charge in [-0.15, -0.1) is 0 Å². The molecule has 23 heavy (non-hydrogen) atoms. The van der Waals surface area contributed by atoms with Gasteiger partial charge < -0.3 is 9.30 Å². The summed E-state index contributed by atoms with van der Waals surface area (Å²) in [5, 5.41) is 0. The van der Waals surface area contributed by atoms with Crippen LogP contribution in [-0.4, -0.2) is 37.4 Å². The minimum atomic E-state index is -3.84. The third-order valence-electron chi connectivity index (χ3n) is 3.50. The van der Waals surface area contributed by atoms with Crippen LogP contribution >= 0.6 is 0 Å². The number of sulfonamides is 1. The van der Waals surface area contributed by atoms with E-state index in [0.717, 1.165) is 6.42 Å². The molecule has 0 bridgehead atoms. The molecule has 0 spiro atoms. The van der Waals surface area contributed by atoms with Crippen molar-refractivity contribution in [1.82, 2.24) is 9.29 Å². The van der Waals surface area contributed by atoms with E-state index >= 15 is 0 Å². The fourth-order valence-electron chi connectivity index (χ4n) is 2.51. The number of amides is 1. The van der Waals surface area contributed by atoms with Crippen molar-refractivity contribution in [2.45, 2.75) is 39.3 Å². The average Bonchev–Trinajstić information content (AvgIpc) is 2.91. The van der Waals surface area contributed by atoms with E-state index in [9.17, 15) is 18.0 Å². The third kappa shape index (κ3) is 4.90. The highest BCUT2D eigenvalue weighted by Gasteiger charge is 2.26. The van der Waals surface area contributed by atoms with Crippen LogP contribution in [0.1, 0.15) is 37.0 Å². The van der Waals surface area contributed by atoms with Crippen LogP contribution in [0.15, 0.2) is 23.1 Å². The minimum Gasteiger partial charge on any atom is -0.377 e. The number of nitrogens with zero attached hydrogens (tertiary/aromatic N) is 1. The molecule has 1 amide bonds. The molecule has 0 aliphatic carbocycles. The number of carbonyl (C=O) groups excluding carboxylic acids is 1. The second kappa shape index (κ2) is 7.27. The average molecular weight is 342 g/mol. The molecular formula is C15H22N2O5S. The smallest absolute Gasteiger partial charge is 0.270 e. The van der Waals surface area contributed by atoms with E-state index in [1.807, 2.05) is 18.6 Å². The van der Waals surface area contributed by atoms with Gasteiger partial charge in [-0.05, 0) is 30.9 Å². The first-order chi connectivity index (χ1) is 10.8. The Morgan fingerprint density at radius 3 is 2.83 bits per heavy atom. The van der Waals surface area contributed by atoms with Crippen molar-refractivity contribution >= 4 is 15.9 Å². The number of carbonyl (C=O) groups is 1. The Hall–Kier alpha value is -1.67. The Morgan fingerprint density at radius 1 is 1.48 bits per heavy atom. The summed E-state index contributed by atoms with van der Waals surface area (Å²) in [6, 6.07) is 2.89. The lowest BCUT2D eigenvalue weighted by Gasteiger charge is -2.12. The van der Waals surface area contributed by atoms with Crippen molar-refractivity contribution in [3.05, 3.63) is 34.2 Å². The van der Waals surface area contributed by atoms with E-state index in [1.165, 1.54) is 10.6 Å². The molecule has 0 aromatic carbocycles. The summed E-state index contributed by atoms with van der Waals surface area (Å²) >= 11 is 0. The lowest BCUT2D eigenvalue weighted by Crippen LogP contribution is -2.39. The van der Waals surface area contributed by atoms with Gasteiger partial charge in [0.2, 0.25) is 10.0 Å². The van der Waals surface area contributed by atoms with Crippen molar-refractivity contribution < 1.29 is 17.9 Å². The Balaban J connectivity index is 2.12. The minimum absolute atomic E-state index is 0.177. The van der Waals surface area contributed by atoms with E-state index in [-0.39, 0.29) is 17.2 Å². The molecule has 1 N–H and O–H groups in total. The zero-order valence-corrected chi connectivity index (χ0v) is 14.1. The first-order valence-electron chi connectivity index (χ1n) is 7.64. The predicted octanol–water partition coefficient (Wildman–Crippen LogP) is 0.743. The normalized spacial score (nSPS) is 18.3. The van der Waals surface area contributed by atoms with Gasteiger partial charge in [0.25, 0.3) is 11.5 Å². The summed E-state index contributed by atoms with van der Waals surface area (Å²) < 4.78 is 32.7. The van der Waals surface area contributed by atoms with Crippen LogP contribution in [0.5, 0.6) is 0 Å². The summed E-state index contributed by atoms with van der Waals surface area (Å²) in [6.07, 6.45) is 2.66. The summed E-state index contributed by atoms with van der Waals surface area (Å²) in [6.45, 7) is 4.89. The van der Waals surface area contributed by atoms with Gasteiger partial charge >= 0.3 is 0 Å². The van der Waals surface area contributed by atoms with Crippen LogP contribution in [0, 0.1) is 5.92 Å². The number of rotatable bonds is 6. The number of ether oxygens (including phenoxy) is 1. The van der Waals surface area contributed by atoms with Gasteiger partial charge in [0.15, 0.2) is 0 Å². The molecule has 1 saturated heterocycles. The monoisotopic (exact) mass is 342 g/mol. The van der Waals surface area contributed by atoms with Crippen molar-refractivity contribution in [2.24, 2.45) is 5.92 Å². The van der Waals surface area contributed by atoms with Crippen LogP contribution in [0.3, 0.4) is 0 Å². The van der Waals surface area contributed by atoms with Crippen LogP contribution in [0.4, 0.5) is 0 Å². The number of hydrogen-bond donors (Lipinski definition) is 1. The molecule has 0 radical (unpaired) electrons. The summed E-state index contributed by atoms with van der Waals surface area (Å²) in [5.74, 6) is -0.938. The fourth-order valence-corrected chi connectivity index (χ4v) is 3.73. The lowest BCUT2D eigenvalue weighted by atomic mass is 10.2. The Kier molecular flexibility index (Phi) is 5.59. The molecule has 1 unspecified atom stereocenters. The van der Waals surface area contributed by atoms with Gasteiger partial charge in [-0.1, -0.05) is 13.8 Å². The zero-order valence-electron chi connectivity index (χ0n) is 13.3. The van der Waals surface area contributed by atoms with E-state index < -0.39 is 27.6 Å². The van der Waals surface area contributed by atoms with Crippen LogP contribution in [-0.2, 0) is 21.3 Å². The zero-order chi connectivity index (χ0) is 17.0. The van der Waals surface area contributed by atoms with E-state index in [4.69, 9.17) is 4.74 Å². The third-order valence-corrected chi connectivity index (χ3v) is 4.81. The van der Waals surface area contributed by atoms with Gasteiger partial charge in [0.1, 0.15) is 5.56 Å². The SMILES string of the molecule is CC(C)Cn1cccc(C(=O)NS(=O)(=O)CC2CCCO2)c1=O. The molecule has 1 aliphatic rings. The van der Waals surface area contributed by atoms with Crippen LogP contribution in [0.2, 0.25) is 0 Å². The maximum Gasteiger partial charge on any atom is 0.270 e. The van der Waals surface area contributed by atoms with Crippen molar-refractivity contribution in [3.63, 3.8) is 0 Å². The second-order valence-corrected chi connectivity index (χ2v) is 7.89.